The van der Waals surface area contributed by atoms with Crippen LogP contribution in [0.15, 0.2) is 152 Å². The lowest BCUT2D eigenvalue weighted by Crippen LogP contribution is -1.97. The lowest BCUT2D eigenvalue weighted by atomic mass is 10.0. The Morgan fingerprint density at radius 1 is 0.390 bits per heavy atom. The van der Waals surface area contributed by atoms with Crippen molar-refractivity contribution in [3.05, 3.63) is 152 Å². The van der Waals surface area contributed by atoms with E-state index in [1.165, 1.54) is 32.6 Å². The number of benzene rings is 6. The third-order valence-corrected chi connectivity index (χ3v) is 7.80. The van der Waals surface area contributed by atoms with Gasteiger partial charge in [-0.2, -0.15) is 0 Å². The summed E-state index contributed by atoms with van der Waals surface area (Å²) in [6.45, 7) is 0. The fourth-order valence-corrected chi connectivity index (χ4v) is 5.79. The topological polar surface area (TPSA) is 30.7 Å². The van der Waals surface area contributed by atoms with Gasteiger partial charge in [0.1, 0.15) is 0 Å². The second kappa shape index (κ2) is 9.58. The van der Waals surface area contributed by atoms with Crippen molar-refractivity contribution >= 4 is 32.6 Å². The summed E-state index contributed by atoms with van der Waals surface area (Å²) < 4.78 is 2.34. The Balaban J connectivity index is 1.27. The molecule has 0 aliphatic carbocycles. The van der Waals surface area contributed by atoms with Gasteiger partial charge >= 0.3 is 0 Å². The van der Waals surface area contributed by atoms with E-state index in [1.807, 2.05) is 18.2 Å². The molecule has 3 nitrogen and oxygen atoms in total. The van der Waals surface area contributed by atoms with Gasteiger partial charge in [-0.1, -0.05) is 115 Å². The SMILES string of the molecule is c1ccc(-c2nc(-c3ccc(-n4c5ccccc5c5ccccc54)cc3)cc(-c3ccc4ccccc4c3)n2)cc1. The Morgan fingerprint density at radius 2 is 0.951 bits per heavy atom. The minimum atomic E-state index is 0.720. The molecule has 0 saturated heterocycles. The first-order valence-corrected chi connectivity index (χ1v) is 13.8. The highest BCUT2D eigenvalue weighted by Gasteiger charge is 2.14. The predicted octanol–water partition coefficient (Wildman–Crippen LogP) is 9.73. The van der Waals surface area contributed by atoms with Crippen LogP contribution in [0.3, 0.4) is 0 Å². The van der Waals surface area contributed by atoms with Gasteiger partial charge in [0.05, 0.1) is 22.4 Å². The van der Waals surface area contributed by atoms with Gasteiger partial charge in [0.2, 0.25) is 0 Å². The molecule has 8 aromatic rings. The zero-order valence-electron chi connectivity index (χ0n) is 22.3. The quantitative estimate of drug-likeness (QED) is 0.230. The highest BCUT2D eigenvalue weighted by atomic mass is 15.0. The van der Waals surface area contributed by atoms with Crippen LogP contribution < -0.4 is 0 Å². The summed E-state index contributed by atoms with van der Waals surface area (Å²) in [6, 6.07) is 53.2. The number of aromatic nitrogens is 3. The maximum atomic E-state index is 5.04. The van der Waals surface area contributed by atoms with Gasteiger partial charge in [0.15, 0.2) is 5.82 Å². The minimum absolute atomic E-state index is 0.720. The lowest BCUT2D eigenvalue weighted by molar-refractivity contribution is 1.17. The number of nitrogens with zero attached hydrogens (tertiary/aromatic N) is 3. The summed E-state index contributed by atoms with van der Waals surface area (Å²) in [4.78, 5) is 10.1. The molecule has 8 rings (SSSR count). The second-order valence-electron chi connectivity index (χ2n) is 10.3. The molecule has 41 heavy (non-hydrogen) atoms. The standard InChI is InChI=1S/C38H25N3/c1-2-11-28(12-3-1)38-39-34(25-35(40-38)30-19-18-26-10-4-5-13-29(26)24-30)27-20-22-31(23-21-27)41-36-16-8-6-14-32(36)33-15-7-9-17-37(33)41/h1-25H. The van der Waals surface area contributed by atoms with Gasteiger partial charge < -0.3 is 4.57 Å². The van der Waals surface area contributed by atoms with Crippen LogP contribution in [0.5, 0.6) is 0 Å². The Morgan fingerprint density at radius 3 is 1.66 bits per heavy atom. The van der Waals surface area contributed by atoms with E-state index in [0.717, 1.165) is 39.6 Å². The fourth-order valence-electron chi connectivity index (χ4n) is 5.79. The van der Waals surface area contributed by atoms with Crippen LogP contribution in [0.4, 0.5) is 0 Å². The third kappa shape index (κ3) is 4.07. The molecule has 2 heterocycles. The van der Waals surface area contributed by atoms with E-state index in [4.69, 9.17) is 9.97 Å². The van der Waals surface area contributed by atoms with Gasteiger partial charge in [-0.15, -0.1) is 0 Å². The van der Waals surface area contributed by atoms with E-state index < -0.39 is 0 Å². The summed E-state index contributed by atoms with van der Waals surface area (Å²) in [7, 11) is 0. The van der Waals surface area contributed by atoms with Crippen molar-refractivity contribution in [1.82, 2.24) is 14.5 Å². The zero-order valence-corrected chi connectivity index (χ0v) is 22.3. The maximum absolute atomic E-state index is 5.04. The van der Waals surface area contributed by atoms with Gasteiger partial charge in [0.25, 0.3) is 0 Å². The van der Waals surface area contributed by atoms with Crippen LogP contribution in [0.25, 0.3) is 72.2 Å². The number of hydrogen-bond acceptors (Lipinski definition) is 2. The first-order valence-electron chi connectivity index (χ1n) is 13.8. The monoisotopic (exact) mass is 523 g/mol. The van der Waals surface area contributed by atoms with Crippen molar-refractivity contribution in [3.8, 4) is 39.6 Å². The van der Waals surface area contributed by atoms with Gasteiger partial charge in [-0.05, 0) is 47.2 Å². The lowest BCUT2D eigenvalue weighted by Gasteiger charge is -2.12. The molecule has 0 N–H and O–H groups in total. The van der Waals surface area contributed by atoms with E-state index in [-0.39, 0.29) is 0 Å². The minimum Gasteiger partial charge on any atom is -0.309 e. The van der Waals surface area contributed by atoms with Crippen LogP contribution in [-0.2, 0) is 0 Å². The van der Waals surface area contributed by atoms with Crippen LogP contribution >= 0.6 is 0 Å². The number of fused-ring (bicyclic) bond motifs is 4. The molecule has 0 aliphatic rings. The van der Waals surface area contributed by atoms with E-state index >= 15 is 0 Å². The predicted molar refractivity (Wildman–Crippen MR) is 170 cm³/mol. The van der Waals surface area contributed by atoms with Gasteiger partial charge in [0, 0.05) is 33.2 Å². The highest BCUT2D eigenvalue weighted by Crippen LogP contribution is 2.33. The van der Waals surface area contributed by atoms with Crippen LogP contribution in [0.2, 0.25) is 0 Å². The summed E-state index contributed by atoms with van der Waals surface area (Å²) in [5, 5.41) is 4.93. The largest absolute Gasteiger partial charge is 0.309 e. The molecule has 0 spiro atoms. The molecule has 0 fully saturated rings. The number of rotatable bonds is 4. The number of hydrogen-bond donors (Lipinski definition) is 0. The first-order chi connectivity index (χ1) is 20.3. The Kier molecular flexibility index (Phi) is 5.46. The fraction of sp³-hybridized carbons (Fsp3) is 0. The Labute approximate surface area is 238 Å². The molecule has 0 atom stereocenters. The van der Waals surface area contributed by atoms with Crippen molar-refractivity contribution in [1.29, 1.82) is 0 Å². The van der Waals surface area contributed by atoms with Crippen molar-refractivity contribution in [2.24, 2.45) is 0 Å². The molecule has 0 amide bonds. The van der Waals surface area contributed by atoms with Crippen LogP contribution in [0, 0.1) is 0 Å². The highest BCUT2D eigenvalue weighted by molar-refractivity contribution is 6.09. The molecular formula is C38H25N3. The van der Waals surface area contributed by atoms with Crippen molar-refractivity contribution < 1.29 is 0 Å². The van der Waals surface area contributed by atoms with Gasteiger partial charge in [-0.3, -0.25) is 0 Å². The molecular weight excluding hydrogens is 498 g/mol. The van der Waals surface area contributed by atoms with Crippen molar-refractivity contribution in [3.63, 3.8) is 0 Å². The molecule has 6 aromatic carbocycles. The summed E-state index contributed by atoms with van der Waals surface area (Å²) in [6.07, 6.45) is 0. The molecule has 192 valence electrons. The maximum Gasteiger partial charge on any atom is 0.160 e. The van der Waals surface area contributed by atoms with Crippen LogP contribution in [-0.4, -0.2) is 14.5 Å². The molecule has 0 bridgehead atoms. The number of para-hydroxylation sites is 2. The summed E-state index contributed by atoms with van der Waals surface area (Å²) in [5.41, 5.74) is 8.46. The Bertz CT molecular complexity index is 2140. The van der Waals surface area contributed by atoms with E-state index in [0.29, 0.717) is 0 Å². The smallest absolute Gasteiger partial charge is 0.160 e. The van der Waals surface area contributed by atoms with Gasteiger partial charge in [-0.25, -0.2) is 9.97 Å². The molecule has 0 saturated carbocycles. The summed E-state index contributed by atoms with van der Waals surface area (Å²) in [5.74, 6) is 0.720. The molecule has 3 heteroatoms. The molecule has 0 aliphatic heterocycles. The average Bonchev–Trinajstić information content (AvgIpc) is 3.39. The second-order valence-corrected chi connectivity index (χ2v) is 10.3. The Hall–Kier alpha value is -5.54. The summed E-state index contributed by atoms with van der Waals surface area (Å²) >= 11 is 0. The molecule has 0 radical (unpaired) electrons. The van der Waals surface area contributed by atoms with Crippen molar-refractivity contribution in [2.45, 2.75) is 0 Å². The van der Waals surface area contributed by atoms with E-state index in [2.05, 4.69) is 138 Å². The molecule has 2 aromatic heterocycles. The average molecular weight is 524 g/mol. The molecule has 0 unspecified atom stereocenters. The van der Waals surface area contributed by atoms with Crippen molar-refractivity contribution in [2.75, 3.05) is 0 Å². The first kappa shape index (κ1) is 23.4. The van der Waals surface area contributed by atoms with Crippen LogP contribution in [0.1, 0.15) is 0 Å². The zero-order chi connectivity index (χ0) is 27.2. The van der Waals surface area contributed by atoms with E-state index in [9.17, 15) is 0 Å². The van der Waals surface area contributed by atoms with E-state index in [1.54, 1.807) is 0 Å². The third-order valence-electron chi connectivity index (χ3n) is 7.80. The normalized spacial score (nSPS) is 11.4.